The zero-order chi connectivity index (χ0) is 26.6. The predicted octanol–water partition coefficient (Wildman–Crippen LogP) is 8.11. The van der Waals surface area contributed by atoms with E-state index in [0.29, 0.717) is 12.8 Å². The molecule has 0 aromatic heterocycles. The zero-order valence-corrected chi connectivity index (χ0v) is 24.7. The average molecular weight is 515 g/mol. The van der Waals surface area contributed by atoms with Crippen LogP contribution in [0.15, 0.2) is 30.9 Å². The second-order valence-corrected chi connectivity index (χ2v) is 16.2. The largest absolute Gasteiger partial charge is 0.543 e. The molecule has 0 bridgehead atoms. The summed E-state index contributed by atoms with van der Waals surface area (Å²) in [4.78, 5) is 0. The van der Waals surface area contributed by atoms with Gasteiger partial charge in [-0.05, 0) is 68.3 Å². The van der Waals surface area contributed by atoms with Crippen molar-refractivity contribution in [2.24, 2.45) is 0 Å². The van der Waals surface area contributed by atoms with Crippen molar-refractivity contribution in [2.45, 2.75) is 129 Å². The van der Waals surface area contributed by atoms with Gasteiger partial charge in [0.1, 0.15) is 11.9 Å². The Morgan fingerprint density at radius 2 is 2.00 bits per heavy atom. The smallest absolute Gasteiger partial charge is 0.250 e. The Hall–Kier alpha value is -1.58. The fraction of sp³-hybridized carbons (Fsp3) is 0.677. The number of unbranched alkanes of at least 4 members (excludes halogenated alkanes) is 2. The fourth-order valence-corrected chi connectivity index (χ4v) is 5.19. The molecule has 1 aromatic rings. The fourth-order valence-electron chi connectivity index (χ4n) is 4.14. The van der Waals surface area contributed by atoms with Gasteiger partial charge in [-0.2, -0.15) is 0 Å². The molecule has 0 radical (unpaired) electrons. The van der Waals surface area contributed by atoms with E-state index in [1.54, 1.807) is 0 Å². The lowest BCUT2D eigenvalue weighted by Gasteiger charge is -2.37. The number of benzene rings is 1. The van der Waals surface area contributed by atoms with Crippen molar-refractivity contribution in [1.29, 1.82) is 0 Å². The van der Waals surface area contributed by atoms with Crippen molar-refractivity contribution in [3.63, 3.8) is 0 Å². The molecule has 1 aliphatic rings. The summed E-state index contributed by atoms with van der Waals surface area (Å²) in [5, 5.41) is 11.1. The van der Waals surface area contributed by atoms with Crippen LogP contribution in [0.3, 0.4) is 0 Å². The van der Waals surface area contributed by atoms with E-state index in [9.17, 15) is 5.11 Å². The molecule has 4 nitrogen and oxygen atoms in total. The molecule has 3 unspecified atom stereocenters. The maximum Gasteiger partial charge on any atom is 0.250 e. The summed E-state index contributed by atoms with van der Waals surface area (Å²) in [6.07, 6.45) is 11.2. The maximum atomic E-state index is 11.0. The van der Waals surface area contributed by atoms with Gasteiger partial charge in [-0.15, -0.1) is 12.5 Å². The van der Waals surface area contributed by atoms with Crippen LogP contribution in [0.25, 0.3) is 0 Å². The zero-order valence-electron chi connectivity index (χ0n) is 23.7. The number of hydrogen-bond donors (Lipinski definition) is 1. The van der Waals surface area contributed by atoms with Crippen molar-refractivity contribution < 1.29 is 19.0 Å². The van der Waals surface area contributed by atoms with E-state index in [0.717, 1.165) is 55.6 Å². The minimum atomic E-state index is -2.02. The average Bonchev–Trinajstić information content (AvgIpc) is 2.82. The van der Waals surface area contributed by atoms with Gasteiger partial charge in [-0.1, -0.05) is 71.1 Å². The lowest BCUT2D eigenvalue weighted by atomic mass is 9.98. The topological polar surface area (TPSA) is 47.9 Å². The molecule has 0 saturated carbocycles. The van der Waals surface area contributed by atoms with Crippen LogP contribution in [0.2, 0.25) is 18.1 Å². The van der Waals surface area contributed by atoms with E-state index in [1.807, 2.05) is 24.3 Å². The molecule has 5 heteroatoms. The van der Waals surface area contributed by atoms with Crippen molar-refractivity contribution in [2.75, 3.05) is 6.61 Å². The first kappa shape index (κ1) is 30.6. The third-order valence-corrected chi connectivity index (χ3v) is 11.8. The summed E-state index contributed by atoms with van der Waals surface area (Å²) in [6, 6.07) is 5.92. The van der Waals surface area contributed by atoms with Crippen LogP contribution in [0.1, 0.15) is 103 Å². The van der Waals surface area contributed by atoms with E-state index < -0.39 is 14.4 Å². The molecule has 202 valence electrons. The van der Waals surface area contributed by atoms with Gasteiger partial charge in [-0.25, -0.2) is 0 Å². The standard InChI is InChI=1S/C31H50O4Si/c1-8-10-11-18-25(34-30-23-14-15-24-33-30)19-12-13-21-28(32)26-20-16-22-29(27(26)17-9-2)35-36(6,7)31(3,4)5/h9,16,20,22,25,28,30,32H,2,8,10-12,14-15,17-19,23-24H2,1,3-7H3. The van der Waals surface area contributed by atoms with Crippen molar-refractivity contribution in [3.8, 4) is 17.6 Å². The van der Waals surface area contributed by atoms with Crippen molar-refractivity contribution >= 4 is 8.32 Å². The minimum absolute atomic E-state index is 0.0750. The molecule has 1 N–H and O–H groups in total. The van der Waals surface area contributed by atoms with Crippen LogP contribution in [-0.4, -0.2) is 32.4 Å². The minimum Gasteiger partial charge on any atom is -0.543 e. The monoisotopic (exact) mass is 514 g/mol. The summed E-state index contributed by atoms with van der Waals surface area (Å²) in [6.45, 7) is 18.1. The SMILES string of the molecule is C=CCc1c(O[Si](C)(C)C(C)(C)C)cccc1C(O)C#CCCC(CCCCC)OC1CCCCO1. The van der Waals surface area contributed by atoms with E-state index in [2.05, 4.69) is 59.2 Å². The first-order chi connectivity index (χ1) is 17.1. The Morgan fingerprint density at radius 1 is 1.22 bits per heavy atom. The Kier molecular flexibility index (Phi) is 12.7. The molecule has 2 rings (SSSR count). The van der Waals surface area contributed by atoms with Gasteiger partial charge >= 0.3 is 0 Å². The Bertz CT molecular complexity index is 856. The molecular formula is C31H50O4Si. The van der Waals surface area contributed by atoms with Crippen molar-refractivity contribution in [1.82, 2.24) is 0 Å². The number of hydrogen-bond acceptors (Lipinski definition) is 4. The van der Waals surface area contributed by atoms with Gasteiger partial charge in [0, 0.05) is 18.6 Å². The van der Waals surface area contributed by atoms with E-state index in [1.165, 1.54) is 19.3 Å². The summed E-state index contributed by atoms with van der Waals surface area (Å²) in [5.41, 5.74) is 1.79. The highest BCUT2D eigenvalue weighted by molar-refractivity contribution is 6.74. The van der Waals surface area contributed by atoms with Gasteiger partial charge in [0.25, 0.3) is 0 Å². The van der Waals surface area contributed by atoms with Gasteiger partial charge in [0.2, 0.25) is 8.32 Å². The van der Waals surface area contributed by atoms with Crippen LogP contribution in [0, 0.1) is 11.8 Å². The predicted molar refractivity (Wildman–Crippen MR) is 153 cm³/mol. The number of ether oxygens (including phenoxy) is 2. The van der Waals surface area contributed by atoms with Gasteiger partial charge in [-0.3, -0.25) is 0 Å². The molecular weight excluding hydrogens is 464 g/mol. The lowest BCUT2D eigenvalue weighted by Crippen LogP contribution is -2.44. The summed E-state index contributed by atoms with van der Waals surface area (Å²) < 4.78 is 18.7. The van der Waals surface area contributed by atoms with E-state index >= 15 is 0 Å². The molecule has 1 aliphatic heterocycles. The third kappa shape index (κ3) is 9.71. The number of aliphatic hydroxyl groups is 1. The molecule has 0 aliphatic carbocycles. The van der Waals surface area contributed by atoms with Crippen LogP contribution in [0.4, 0.5) is 0 Å². The molecule has 1 aromatic carbocycles. The molecule has 0 spiro atoms. The maximum absolute atomic E-state index is 11.0. The van der Waals surface area contributed by atoms with E-state index in [-0.39, 0.29) is 17.4 Å². The molecule has 36 heavy (non-hydrogen) atoms. The number of rotatable bonds is 13. The summed E-state index contributed by atoms with van der Waals surface area (Å²) in [5.74, 6) is 7.15. The Labute approximate surface area is 221 Å². The van der Waals surface area contributed by atoms with Gasteiger partial charge in [0.15, 0.2) is 6.29 Å². The second-order valence-electron chi connectivity index (χ2n) is 11.5. The summed E-state index contributed by atoms with van der Waals surface area (Å²) >= 11 is 0. The first-order valence-electron chi connectivity index (χ1n) is 13.9. The van der Waals surface area contributed by atoms with Crippen LogP contribution in [0.5, 0.6) is 5.75 Å². The number of allylic oxidation sites excluding steroid dienone is 1. The highest BCUT2D eigenvalue weighted by atomic mass is 28.4. The quantitative estimate of drug-likeness (QED) is 0.125. The Morgan fingerprint density at radius 3 is 2.64 bits per heavy atom. The van der Waals surface area contributed by atoms with Crippen LogP contribution in [-0.2, 0) is 15.9 Å². The molecule has 1 heterocycles. The third-order valence-electron chi connectivity index (χ3n) is 7.43. The normalized spacial score (nSPS) is 18.1. The highest BCUT2D eigenvalue weighted by Gasteiger charge is 2.39. The first-order valence-corrected chi connectivity index (χ1v) is 16.8. The van der Waals surface area contributed by atoms with Crippen molar-refractivity contribution in [3.05, 3.63) is 42.0 Å². The number of aliphatic hydroxyl groups excluding tert-OH is 1. The Balaban J connectivity index is 2.08. The molecule has 1 fully saturated rings. The second kappa shape index (κ2) is 15.0. The van der Waals surface area contributed by atoms with Gasteiger partial charge in [0.05, 0.1) is 6.10 Å². The molecule has 0 amide bonds. The van der Waals surface area contributed by atoms with Crippen LogP contribution < -0.4 is 4.43 Å². The molecule has 1 saturated heterocycles. The van der Waals surface area contributed by atoms with Crippen LogP contribution >= 0.6 is 0 Å². The highest BCUT2D eigenvalue weighted by Crippen LogP contribution is 2.39. The van der Waals surface area contributed by atoms with Gasteiger partial charge < -0.3 is 19.0 Å². The summed E-state index contributed by atoms with van der Waals surface area (Å²) in [7, 11) is -2.02. The molecule has 3 atom stereocenters. The van der Waals surface area contributed by atoms with E-state index in [4.69, 9.17) is 13.9 Å². The lowest BCUT2D eigenvalue weighted by molar-refractivity contribution is -0.190.